The molecule has 1 saturated carbocycles. The zero-order valence-corrected chi connectivity index (χ0v) is 14.6. The van der Waals surface area contributed by atoms with Crippen LogP contribution in [0.2, 0.25) is 0 Å². The molecule has 0 bridgehead atoms. The number of anilines is 2. The molecule has 1 heterocycles. The highest BCUT2D eigenvalue weighted by Crippen LogP contribution is 2.28. The molecule has 3 rings (SSSR count). The van der Waals surface area contributed by atoms with Crippen LogP contribution in [-0.4, -0.2) is 43.3 Å². The van der Waals surface area contributed by atoms with E-state index in [1.807, 2.05) is 13.2 Å². The van der Waals surface area contributed by atoms with Crippen LogP contribution in [0.4, 0.5) is 11.4 Å². The Hall–Kier alpha value is -1.26. The molecule has 3 N–H and O–H groups in total. The molecule has 0 unspecified atom stereocenters. The molecule has 1 aromatic rings. The third-order valence-electron chi connectivity index (χ3n) is 5.55. The number of aryl methyl sites for hydroxylation is 1. The first kappa shape index (κ1) is 16.6. The summed E-state index contributed by atoms with van der Waals surface area (Å²) in [4.78, 5) is 2.68. The third-order valence-corrected chi connectivity index (χ3v) is 5.55. The largest absolute Gasteiger partial charge is 0.397 e. The number of benzene rings is 1. The SMILES string of the molecule is CO[C@H]1CCC[C@@H](N2CCC(Nc3cc(C)ccc3N)CC2)C1. The molecular weight excluding hydrogens is 286 g/mol. The van der Waals surface area contributed by atoms with Gasteiger partial charge in [-0.15, -0.1) is 0 Å². The Bertz CT molecular complexity index is 511. The lowest BCUT2D eigenvalue weighted by Crippen LogP contribution is -2.47. The van der Waals surface area contributed by atoms with E-state index in [-0.39, 0.29) is 0 Å². The van der Waals surface area contributed by atoms with Crippen LogP contribution in [-0.2, 0) is 4.74 Å². The molecule has 4 nitrogen and oxygen atoms in total. The number of nitrogen functional groups attached to an aromatic ring is 1. The Labute approximate surface area is 140 Å². The minimum absolute atomic E-state index is 0.469. The summed E-state index contributed by atoms with van der Waals surface area (Å²) in [5, 5.41) is 3.66. The van der Waals surface area contributed by atoms with Crippen molar-refractivity contribution in [3.63, 3.8) is 0 Å². The van der Waals surface area contributed by atoms with Gasteiger partial charge in [0.1, 0.15) is 0 Å². The van der Waals surface area contributed by atoms with Crippen molar-refractivity contribution >= 4 is 11.4 Å². The molecule has 1 aliphatic carbocycles. The van der Waals surface area contributed by atoms with Crippen molar-refractivity contribution in [2.24, 2.45) is 0 Å². The maximum atomic E-state index is 6.09. The summed E-state index contributed by atoms with van der Waals surface area (Å²) in [5.74, 6) is 0. The second-order valence-corrected chi connectivity index (χ2v) is 7.22. The van der Waals surface area contributed by atoms with Gasteiger partial charge < -0.3 is 20.7 Å². The van der Waals surface area contributed by atoms with Gasteiger partial charge in [0.2, 0.25) is 0 Å². The normalized spacial score (nSPS) is 27.0. The average Bonchev–Trinajstić information content (AvgIpc) is 2.59. The van der Waals surface area contributed by atoms with Gasteiger partial charge in [-0.3, -0.25) is 0 Å². The van der Waals surface area contributed by atoms with E-state index in [0.717, 1.165) is 17.4 Å². The van der Waals surface area contributed by atoms with Gasteiger partial charge in [0.15, 0.2) is 0 Å². The number of nitrogens with zero attached hydrogens (tertiary/aromatic N) is 1. The molecule has 0 aromatic heterocycles. The lowest BCUT2D eigenvalue weighted by atomic mass is 9.90. The summed E-state index contributed by atoms with van der Waals surface area (Å²) in [6.07, 6.45) is 7.95. The van der Waals surface area contributed by atoms with Crippen LogP contribution < -0.4 is 11.1 Å². The van der Waals surface area contributed by atoms with Crippen molar-refractivity contribution in [3.05, 3.63) is 23.8 Å². The smallest absolute Gasteiger partial charge is 0.0586 e. The monoisotopic (exact) mass is 317 g/mol. The Morgan fingerprint density at radius 2 is 1.96 bits per heavy atom. The summed E-state index contributed by atoms with van der Waals surface area (Å²) in [6, 6.07) is 7.49. The molecule has 2 atom stereocenters. The fourth-order valence-electron chi connectivity index (χ4n) is 4.09. The number of rotatable bonds is 4. The Balaban J connectivity index is 1.51. The quantitative estimate of drug-likeness (QED) is 0.836. The number of nitrogens with one attached hydrogen (secondary N) is 1. The van der Waals surface area contributed by atoms with Gasteiger partial charge in [0.05, 0.1) is 17.5 Å². The molecule has 23 heavy (non-hydrogen) atoms. The lowest BCUT2D eigenvalue weighted by molar-refractivity contribution is 0.0218. The van der Waals surface area contributed by atoms with Crippen molar-refractivity contribution in [1.29, 1.82) is 0 Å². The number of hydrogen-bond donors (Lipinski definition) is 2. The highest BCUT2D eigenvalue weighted by Gasteiger charge is 2.29. The van der Waals surface area contributed by atoms with E-state index in [1.54, 1.807) is 0 Å². The van der Waals surface area contributed by atoms with Crippen molar-refractivity contribution in [1.82, 2.24) is 4.90 Å². The van der Waals surface area contributed by atoms with Crippen molar-refractivity contribution in [2.75, 3.05) is 31.2 Å². The fraction of sp³-hybridized carbons (Fsp3) is 0.684. The Kier molecular flexibility index (Phi) is 5.44. The second kappa shape index (κ2) is 7.54. The molecule has 0 radical (unpaired) electrons. The van der Waals surface area contributed by atoms with Gasteiger partial charge in [0.25, 0.3) is 0 Å². The van der Waals surface area contributed by atoms with Crippen molar-refractivity contribution in [2.45, 2.75) is 63.6 Å². The maximum Gasteiger partial charge on any atom is 0.0586 e. The minimum Gasteiger partial charge on any atom is -0.397 e. The van der Waals surface area contributed by atoms with E-state index < -0.39 is 0 Å². The zero-order chi connectivity index (χ0) is 16.2. The van der Waals surface area contributed by atoms with Crippen LogP contribution in [0.25, 0.3) is 0 Å². The molecule has 1 aliphatic heterocycles. The summed E-state index contributed by atoms with van der Waals surface area (Å²) >= 11 is 0. The molecule has 1 saturated heterocycles. The predicted molar refractivity (Wildman–Crippen MR) is 96.9 cm³/mol. The van der Waals surface area contributed by atoms with E-state index in [1.165, 1.54) is 57.2 Å². The van der Waals surface area contributed by atoms with Crippen molar-refractivity contribution < 1.29 is 4.74 Å². The average molecular weight is 317 g/mol. The predicted octanol–water partition coefficient (Wildman–Crippen LogP) is 3.41. The standard InChI is InChI=1S/C19H31N3O/c1-14-6-7-18(20)19(12-14)21-15-8-10-22(11-9-15)16-4-3-5-17(13-16)23-2/h6-7,12,15-17,21H,3-5,8-11,13,20H2,1-2H3/t16-,17+/m1/s1. The van der Waals surface area contributed by atoms with Crippen LogP contribution in [0, 0.1) is 6.92 Å². The summed E-state index contributed by atoms with van der Waals surface area (Å²) in [7, 11) is 1.86. The first-order valence-electron chi connectivity index (χ1n) is 9.05. The number of likely N-dealkylation sites (tertiary alicyclic amines) is 1. The molecule has 0 amide bonds. The van der Waals surface area contributed by atoms with E-state index >= 15 is 0 Å². The summed E-state index contributed by atoms with van der Waals surface area (Å²) in [6.45, 7) is 4.48. The van der Waals surface area contributed by atoms with Crippen LogP contribution >= 0.6 is 0 Å². The van der Waals surface area contributed by atoms with E-state index in [2.05, 4.69) is 29.3 Å². The Morgan fingerprint density at radius 1 is 1.17 bits per heavy atom. The number of piperidine rings is 1. The van der Waals surface area contributed by atoms with E-state index in [4.69, 9.17) is 10.5 Å². The van der Waals surface area contributed by atoms with Gasteiger partial charge >= 0.3 is 0 Å². The highest BCUT2D eigenvalue weighted by atomic mass is 16.5. The van der Waals surface area contributed by atoms with Gasteiger partial charge in [0, 0.05) is 32.3 Å². The zero-order valence-electron chi connectivity index (χ0n) is 14.6. The second-order valence-electron chi connectivity index (χ2n) is 7.22. The summed E-state index contributed by atoms with van der Waals surface area (Å²) in [5.41, 5.74) is 9.30. The number of nitrogens with two attached hydrogens (primary N) is 1. The molecule has 0 spiro atoms. The van der Waals surface area contributed by atoms with Crippen molar-refractivity contribution in [3.8, 4) is 0 Å². The maximum absolute atomic E-state index is 6.09. The van der Waals surface area contributed by atoms with Gasteiger partial charge in [-0.05, 0) is 63.1 Å². The van der Waals surface area contributed by atoms with E-state index in [0.29, 0.717) is 12.1 Å². The van der Waals surface area contributed by atoms with Crippen LogP contribution in [0.3, 0.4) is 0 Å². The molecule has 128 valence electrons. The van der Waals surface area contributed by atoms with Crippen LogP contribution in [0.5, 0.6) is 0 Å². The topological polar surface area (TPSA) is 50.5 Å². The Morgan fingerprint density at radius 3 is 2.70 bits per heavy atom. The van der Waals surface area contributed by atoms with Crippen LogP contribution in [0.1, 0.15) is 44.1 Å². The first-order valence-corrected chi connectivity index (χ1v) is 9.05. The van der Waals surface area contributed by atoms with Gasteiger partial charge in [-0.25, -0.2) is 0 Å². The minimum atomic E-state index is 0.469. The van der Waals surface area contributed by atoms with Crippen LogP contribution in [0.15, 0.2) is 18.2 Å². The molecular formula is C19H31N3O. The molecule has 1 aromatic carbocycles. The molecule has 2 aliphatic rings. The summed E-state index contributed by atoms with van der Waals surface area (Å²) < 4.78 is 5.58. The van der Waals surface area contributed by atoms with Gasteiger partial charge in [-0.2, -0.15) is 0 Å². The third kappa shape index (κ3) is 4.18. The number of hydrogen-bond acceptors (Lipinski definition) is 4. The number of methoxy groups -OCH3 is 1. The molecule has 4 heteroatoms. The lowest BCUT2D eigenvalue weighted by Gasteiger charge is -2.41. The van der Waals surface area contributed by atoms with E-state index in [9.17, 15) is 0 Å². The highest BCUT2D eigenvalue weighted by molar-refractivity contribution is 5.67. The fourth-order valence-corrected chi connectivity index (χ4v) is 4.09. The number of ether oxygens (including phenoxy) is 1. The first-order chi connectivity index (χ1) is 11.2. The molecule has 2 fully saturated rings. The van der Waals surface area contributed by atoms with Gasteiger partial charge in [-0.1, -0.05) is 6.07 Å².